The second-order valence-corrected chi connectivity index (χ2v) is 4.78. The molecule has 0 radical (unpaired) electrons. The maximum atomic E-state index is 5.22. The molecule has 1 aromatic carbocycles. The van der Waals surface area contributed by atoms with E-state index in [0.717, 1.165) is 12.3 Å². The van der Waals surface area contributed by atoms with E-state index in [1.165, 1.54) is 17.7 Å². The number of thioether (sulfide) groups is 1. The van der Waals surface area contributed by atoms with E-state index in [4.69, 9.17) is 4.74 Å². The van der Waals surface area contributed by atoms with Gasteiger partial charge in [-0.05, 0) is 49.6 Å². The molecule has 0 aliphatic heterocycles. The lowest BCUT2D eigenvalue weighted by molar-refractivity contribution is 0.413. The predicted octanol–water partition coefficient (Wildman–Crippen LogP) is 3.10. The molecule has 1 N–H and O–H groups in total. The number of hydrogen-bond donors (Lipinski definition) is 1. The minimum atomic E-state index is 0.386. The summed E-state index contributed by atoms with van der Waals surface area (Å²) in [5.74, 6) is 2.15. The van der Waals surface area contributed by atoms with Crippen molar-refractivity contribution in [3.63, 3.8) is 0 Å². The highest BCUT2D eigenvalue weighted by molar-refractivity contribution is 7.98. The molecule has 0 bridgehead atoms. The van der Waals surface area contributed by atoms with Crippen LogP contribution in [0.5, 0.6) is 5.75 Å². The van der Waals surface area contributed by atoms with Crippen molar-refractivity contribution < 1.29 is 4.74 Å². The topological polar surface area (TPSA) is 21.3 Å². The summed E-state index contributed by atoms with van der Waals surface area (Å²) < 4.78 is 5.22. The molecule has 1 rings (SSSR count). The van der Waals surface area contributed by atoms with Gasteiger partial charge in [0.1, 0.15) is 5.75 Å². The van der Waals surface area contributed by atoms with Gasteiger partial charge in [0.05, 0.1) is 7.11 Å². The Morgan fingerprint density at radius 1 is 1.44 bits per heavy atom. The van der Waals surface area contributed by atoms with Crippen LogP contribution in [-0.4, -0.2) is 25.7 Å². The van der Waals surface area contributed by atoms with Crippen LogP contribution in [0.3, 0.4) is 0 Å². The standard InChI is InChI=1S/C13H21NOS/c1-11(14-8-5-9-16-3)12-6-4-7-13(10-12)15-2/h4,6-7,10-11,14H,5,8-9H2,1-3H3/t11-/m1/s1. The molecule has 0 aliphatic rings. The maximum Gasteiger partial charge on any atom is 0.119 e. The first-order chi connectivity index (χ1) is 7.77. The lowest BCUT2D eigenvalue weighted by atomic mass is 10.1. The minimum absolute atomic E-state index is 0.386. The van der Waals surface area contributed by atoms with Crippen LogP contribution in [-0.2, 0) is 0 Å². The SMILES string of the molecule is COc1cccc([C@@H](C)NCCCSC)c1. The van der Waals surface area contributed by atoms with E-state index in [1.807, 2.05) is 23.9 Å². The highest BCUT2D eigenvalue weighted by Gasteiger charge is 2.04. The Morgan fingerprint density at radius 3 is 2.94 bits per heavy atom. The summed E-state index contributed by atoms with van der Waals surface area (Å²) >= 11 is 1.90. The van der Waals surface area contributed by atoms with Crippen LogP contribution in [0.15, 0.2) is 24.3 Å². The molecule has 0 aliphatic carbocycles. The normalized spacial score (nSPS) is 12.4. The molecule has 90 valence electrons. The average molecular weight is 239 g/mol. The zero-order valence-corrected chi connectivity index (χ0v) is 11.1. The van der Waals surface area contributed by atoms with Gasteiger partial charge in [0, 0.05) is 6.04 Å². The third-order valence-corrected chi connectivity index (χ3v) is 3.27. The van der Waals surface area contributed by atoms with E-state index >= 15 is 0 Å². The van der Waals surface area contributed by atoms with Gasteiger partial charge in [-0.2, -0.15) is 11.8 Å². The molecule has 16 heavy (non-hydrogen) atoms. The fourth-order valence-corrected chi connectivity index (χ4v) is 2.00. The third-order valence-electron chi connectivity index (χ3n) is 2.57. The maximum absolute atomic E-state index is 5.22. The second-order valence-electron chi connectivity index (χ2n) is 3.80. The summed E-state index contributed by atoms with van der Waals surface area (Å²) in [5.41, 5.74) is 1.28. The molecule has 0 saturated carbocycles. The Balaban J connectivity index is 2.42. The summed E-state index contributed by atoms with van der Waals surface area (Å²) in [4.78, 5) is 0. The van der Waals surface area contributed by atoms with Crippen molar-refractivity contribution >= 4 is 11.8 Å². The van der Waals surface area contributed by atoms with Crippen molar-refractivity contribution in [2.75, 3.05) is 25.7 Å². The van der Waals surface area contributed by atoms with Gasteiger partial charge in [0.15, 0.2) is 0 Å². The van der Waals surface area contributed by atoms with Gasteiger partial charge in [-0.25, -0.2) is 0 Å². The largest absolute Gasteiger partial charge is 0.497 e. The summed E-state index contributed by atoms with van der Waals surface area (Å²) in [6, 6.07) is 8.62. The van der Waals surface area contributed by atoms with Crippen molar-refractivity contribution in [2.24, 2.45) is 0 Å². The molecule has 3 heteroatoms. The van der Waals surface area contributed by atoms with Gasteiger partial charge in [-0.1, -0.05) is 12.1 Å². The zero-order chi connectivity index (χ0) is 11.8. The summed E-state index contributed by atoms with van der Waals surface area (Å²) in [7, 11) is 1.70. The van der Waals surface area contributed by atoms with Gasteiger partial charge >= 0.3 is 0 Å². The first-order valence-electron chi connectivity index (χ1n) is 5.64. The van der Waals surface area contributed by atoms with E-state index < -0.39 is 0 Å². The fourth-order valence-electron chi connectivity index (χ4n) is 1.56. The molecule has 1 aromatic rings. The Morgan fingerprint density at radius 2 is 2.25 bits per heavy atom. The Hall–Kier alpha value is -0.670. The zero-order valence-electron chi connectivity index (χ0n) is 10.3. The highest BCUT2D eigenvalue weighted by Crippen LogP contribution is 2.18. The van der Waals surface area contributed by atoms with E-state index in [0.29, 0.717) is 6.04 Å². The lowest BCUT2D eigenvalue weighted by Crippen LogP contribution is -2.20. The molecule has 0 fully saturated rings. The van der Waals surface area contributed by atoms with Crippen LogP contribution in [0.4, 0.5) is 0 Å². The molecular formula is C13H21NOS. The van der Waals surface area contributed by atoms with Crippen molar-refractivity contribution in [1.29, 1.82) is 0 Å². The van der Waals surface area contributed by atoms with Crippen LogP contribution < -0.4 is 10.1 Å². The number of methoxy groups -OCH3 is 1. The molecule has 0 amide bonds. The van der Waals surface area contributed by atoms with Gasteiger partial charge in [0.25, 0.3) is 0 Å². The summed E-state index contributed by atoms with van der Waals surface area (Å²) in [6.07, 6.45) is 3.36. The van der Waals surface area contributed by atoms with Crippen LogP contribution >= 0.6 is 11.8 Å². The smallest absolute Gasteiger partial charge is 0.119 e. The number of hydrogen-bond acceptors (Lipinski definition) is 3. The molecule has 0 spiro atoms. The predicted molar refractivity (Wildman–Crippen MR) is 72.4 cm³/mol. The Bertz CT molecular complexity index is 304. The average Bonchev–Trinajstić information content (AvgIpc) is 2.34. The van der Waals surface area contributed by atoms with Crippen LogP contribution in [0.2, 0.25) is 0 Å². The molecule has 0 unspecified atom stereocenters. The van der Waals surface area contributed by atoms with E-state index in [2.05, 4.69) is 30.6 Å². The van der Waals surface area contributed by atoms with Crippen molar-refractivity contribution in [2.45, 2.75) is 19.4 Å². The van der Waals surface area contributed by atoms with E-state index in [9.17, 15) is 0 Å². The number of rotatable bonds is 7. The highest BCUT2D eigenvalue weighted by atomic mass is 32.2. The van der Waals surface area contributed by atoms with E-state index in [1.54, 1.807) is 7.11 Å². The second kappa shape index (κ2) is 7.58. The number of benzene rings is 1. The van der Waals surface area contributed by atoms with Crippen LogP contribution in [0, 0.1) is 0 Å². The first-order valence-corrected chi connectivity index (χ1v) is 7.03. The molecule has 0 aromatic heterocycles. The summed E-state index contributed by atoms with van der Waals surface area (Å²) in [5, 5.41) is 3.52. The van der Waals surface area contributed by atoms with Gasteiger partial charge in [0.2, 0.25) is 0 Å². The quantitative estimate of drug-likeness (QED) is 0.739. The van der Waals surface area contributed by atoms with Crippen LogP contribution in [0.1, 0.15) is 24.9 Å². The van der Waals surface area contributed by atoms with Crippen molar-refractivity contribution in [1.82, 2.24) is 5.32 Å². The summed E-state index contributed by atoms with van der Waals surface area (Å²) in [6.45, 7) is 3.26. The van der Waals surface area contributed by atoms with Gasteiger partial charge in [-0.15, -0.1) is 0 Å². The number of ether oxygens (including phenoxy) is 1. The fraction of sp³-hybridized carbons (Fsp3) is 0.538. The minimum Gasteiger partial charge on any atom is -0.497 e. The lowest BCUT2D eigenvalue weighted by Gasteiger charge is -2.14. The Labute approximate surface area is 103 Å². The molecule has 0 saturated heterocycles. The first kappa shape index (κ1) is 13.4. The molecule has 2 nitrogen and oxygen atoms in total. The van der Waals surface area contributed by atoms with E-state index in [-0.39, 0.29) is 0 Å². The third kappa shape index (κ3) is 4.45. The molecule has 0 heterocycles. The van der Waals surface area contributed by atoms with Gasteiger partial charge in [-0.3, -0.25) is 0 Å². The van der Waals surface area contributed by atoms with Crippen molar-refractivity contribution in [3.05, 3.63) is 29.8 Å². The monoisotopic (exact) mass is 239 g/mol. The molecular weight excluding hydrogens is 218 g/mol. The van der Waals surface area contributed by atoms with Crippen LogP contribution in [0.25, 0.3) is 0 Å². The molecule has 1 atom stereocenters. The Kier molecular flexibility index (Phi) is 6.34. The number of nitrogens with one attached hydrogen (secondary N) is 1. The van der Waals surface area contributed by atoms with Gasteiger partial charge < -0.3 is 10.1 Å². The van der Waals surface area contributed by atoms with Crippen molar-refractivity contribution in [3.8, 4) is 5.75 Å².